The molecule has 1 aliphatic heterocycles. The van der Waals surface area contributed by atoms with Crippen molar-refractivity contribution < 1.29 is 18.0 Å². The quantitative estimate of drug-likeness (QED) is 0.463. The van der Waals surface area contributed by atoms with Crippen molar-refractivity contribution >= 4 is 33.2 Å². The molecule has 0 unspecified atom stereocenters. The first-order valence-corrected chi connectivity index (χ1v) is 8.92. The summed E-state index contributed by atoms with van der Waals surface area (Å²) in [6, 6.07) is 4.47. The predicted molar refractivity (Wildman–Crippen MR) is 90.7 cm³/mol. The van der Waals surface area contributed by atoms with E-state index in [1.807, 2.05) is 4.98 Å². The Kier molecular flexibility index (Phi) is 4.34. The zero-order chi connectivity index (χ0) is 18.9. The number of aromatic nitrogens is 2. The maximum absolute atomic E-state index is 12.0. The standard InChI is InChI=1S/C14H13N5O6S/c20-11-4-8(17-14(23)19-11)5-15-13(22)16-7-1-2-9-10(3-7)26(24,25)6-12(21)18-9/h1-4H,5-6H2,(H,18,21)(H2,15,16,22)(H2,17,19,20,23). The molecule has 0 saturated carbocycles. The zero-order valence-corrected chi connectivity index (χ0v) is 13.9. The lowest BCUT2D eigenvalue weighted by molar-refractivity contribution is -0.114. The molecule has 0 bridgehead atoms. The lowest BCUT2D eigenvalue weighted by Crippen LogP contribution is -2.32. The van der Waals surface area contributed by atoms with Crippen molar-refractivity contribution in [3.05, 3.63) is 50.8 Å². The van der Waals surface area contributed by atoms with Gasteiger partial charge in [0.1, 0.15) is 5.75 Å². The molecule has 2 heterocycles. The van der Waals surface area contributed by atoms with E-state index < -0.39 is 38.8 Å². The predicted octanol–water partition coefficient (Wildman–Crippen LogP) is -0.889. The maximum atomic E-state index is 12.0. The lowest BCUT2D eigenvalue weighted by atomic mass is 10.2. The van der Waals surface area contributed by atoms with Crippen LogP contribution in [-0.4, -0.2) is 36.1 Å². The molecule has 1 aromatic carbocycles. The third-order valence-corrected chi connectivity index (χ3v) is 5.08. The lowest BCUT2D eigenvalue weighted by Gasteiger charge is -2.18. The first-order valence-electron chi connectivity index (χ1n) is 7.27. The summed E-state index contributed by atoms with van der Waals surface area (Å²) in [5.41, 5.74) is -0.761. The van der Waals surface area contributed by atoms with Crippen LogP contribution in [0.1, 0.15) is 5.69 Å². The molecule has 0 spiro atoms. The number of carbonyl (C=O) groups excluding carboxylic acids is 2. The van der Waals surface area contributed by atoms with E-state index in [4.69, 9.17) is 0 Å². The van der Waals surface area contributed by atoms with Crippen LogP contribution in [0.25, 0.3) is 0 Å². The molecule has 0 radical (unpaired) electrons. The molecule has 3 rings (SSSR count). The number of fused-ring (bicyclic) bond motifs is 1. The Morgan fingerprint density at radius 1 is 1.12 bits per heavy atom. The number of sulfone groups is 1. The zero-order valence-electron chi connectivity index (χ0n) is 13.1. The monoisotopic (exact) mass is 379 g/mol. The highest BCUT2D eigenvalue weighted by Crippen LogP contribution is 2.29. The van der Waals surface area contributed by atoms with Crippen LogP contribution in [0, 0.1) is 0 Å². The van der Waals surface area contributed by atoms with Crippen molar-refractivity contribution in [3.63, 3.8) is 0 Å². The topological polar surface area (TPSA) is 170 Å². The van der Waals surface area contributed by atoms with Crippen LogP contribution in [0.3, 0.4) is 0 Å². The van der Waals surface area contributed by atoms with Gasteiger partial charge in [-0.25, -0.2) is 18.0 Å². The van der Waals surface area contributed by atoms with E-state index in [1.54, 1.807) is 0 Å². The van der Waals surface area contributed by atoms with Gasteiger partial charge in [0.25, 0.3) is 5.56 Å². The summed E-state index contributed by atoms with van der Waals surface area (Å²) < 4.78 is 24.1. The minimum atomic E-state index is -3.78. The van der Waals surface area contributed by atoms with Crippen molar-refractivity contribution in [2.75, 3.05) is 16.4 Å². The Morgan fingerprint density at radius 2 is 1.88 bits per heavy atom. The molecule has 0 atom stereocenters. The van der Waals surface area contributed by atoms with Crippen molar-refractivity contribution in [1.29, 1.82) is 0 Å². The fourth-order valence-electron chi connectivity index (χ4n) is 2.36. The molecule has 1 aliphatic rings. The molecule has 2 aromatic rings. The molecule has 11 nitrogen and oxygen atoms in total. The Hall–Kier alpha value is -3.41. The van der Waals surface area contributed by atoms with Crippen molar-refractivity contribution in [2.24, 2.45) is 0 Å². The molecule has 12 heteroatoms. The van der Waals surface area contributed by atoms with E-state index in [-0.39, 0.29) is 28.5 Å². The van der Waals surface area contributed by atoms with Gasteiger partial charge in [0.2, 0.25) is 5.91 Å². The molecule has 1 aromatic heterocycles. The van der Waals surface area contributed by atoms with Crippen molar-refractivity contribution in [2.45, 2.75) is 11.4 Å². The SMILES string of the molecule is O=C1CS(=O)(=O)c2cc(NC(=O)NCc3cc(=O)[nH]c(=O)[nH]3)ccc2N1. The Labute approximate surface area is 145 Å². The Bertz CT molecular complexity index is 1090. The average Bonchev–Trinajstić information content (AvgIpc) is 2.52. The number of anilines is 2. The fraction of sp³-hybridized carbons (Fsp3) is 0.143. The van der Waals surface area contributed by atoms with E-state index in [0.29, 0.717) is 0 Å². The number of hydrogen-bond acceptors (Lipinski definition) is 6. The average molecular weight is 379 g/mol. The van der Waals surface area contributed by atoms with Gasteiger partial charge in [0, 0.05) is 17.4 Å². The third-order valence-electron chi connectivity index (χ3n) is 3.43. The highest BCUT2D eigenvalue weighted by Gasteiger charge is 2.29. The molecule has 0 saturated heterocycles. The highest BCUT2D eigenvalue weighted by atomic mass is 32.2. The van der Waals surface area contributed by atoms with E-state index in [1.165, 1.54) is 18.2 Å². The first kappa shape index (κ1) is 17.4. The van der Waals surface area contributed by atoms with Gasteiger partial charge in [-0.1, -0.05) is 0 Å². The van der Waals surface area contributed by atoms with Gasteiger partial charge >= 0.3 is 11.7 Å². The minimum absolute atomic E-state index is 0.0891. The number of urea groups is 1. The van der Waals surface area contributed by atoms with Crippen LogP contribution in [0.4, 0.5) is 16.2 Å². The van der Waals surface area contributed by atoms with Gasteiger partial charge in [0.15, 0.2) is 9.84 Å². The van der Waals surface area contributed by atoms with Gasteiger partial charge in [0.05, 0.1) is 17.1 Å². The maximum Gasteiger partial charge on any atom is 0.325 e. The molecule has 3 amide bonds. The molecular weight excluding hydrogens is 366 g/mol. The molecule has 0 fully saturated rings. The van der Waals surface area contributed by atoms with Crippen LogP contribution < -0.4 is 27.2 Å². The molecular formula is C14H13N5O6S. The van der Waals surface area contributed by atoms with Crippen molar-refractivity contribution in [1.82, 2.24) is 15.3 Å². The number of carbonyl (C=O) groups is 2. The van der Waals surface area contributed by atoms with Gasteiger partial charge in [-0.3, -0.25) is 14.6 Å². The smallest absolute Gasteiger partial charge is 0.325 e. The summed E-state index contributed by atoms with van der Waals surface area (Å²) in [4.78, 5) is 49.8. The van der Waals surface area contributed by atoms with Crippen molar-refractivity contribution in [3.8, 4) is 0 Å². The number of aromatic amines is 2. The normalized spacial score (nSPS) is 14.8. The summed E-state index contributed by atoms with van der Waals surface area (Å²) in [5, 5.41) is 7.29. The number of benzene rings is 1. The van der Waals surface area contributed by atoms with E-state index >= 15 is 0 Å². The summed E-state index contributed by atoms with van der Waals surface area (Å²) in [5.74, 6) is -1.28. The number of rotatable bonds is 3. The number of hydrogen-bond donors (Lipinski definition) is 5. The van der Waals surface area contributed by atoms with Crippen LogP contribution >= 0.6 is 0 Å². The van der Waals surface area contributed by atoms with Crippen LogP contribution in [0.15, 0.2) is 38.8 Å². The Balaban J connectivity index is 1.71. The molecule has 136 valence electrons. The first-order chi connectivity index (χ1) is 12.2. The third kappa shape index (κ3) is 3.80. The van der Waals surface area contributed by atoms with E-state index in [9.17, 15) is 27.6 Å². The number of H-pyrrole nitrogens is 2. The Morgan fingerprint density at radius 3 is 2.62 bits per heavy atom. The second kappa shape index (κ2) is 6.48. The molecule has 26 heavy (non-hydrogen) atoms. The highest BCUT2D eigenvalue weighted by molar-refractivity contribution is 7.92. The second-order valence-electron chi connectivity index (χ2n) is 5.44. The van der Waals surface area contributed by atoms with Crippen LogP contribution in [0.5, 0.6) is 0 Å². The van der Waals surface area contributed by atoms with E-state index in [2.05, 4.69) is 20.9 Å². The summed E-state index contributed by atoms with van der Waals surface area (Å²) in [6.45, 7) is -0.121. The second-order valence-corrected chi connectivity index (χ2v) is 7.40. The summed E-state index contributed by atoms with van der Waals surface area (Å²) >= 11 is 0. The van der Waals surface area contributed by atoms with Gasteiger partial charge in [-0.15, -0.1) is 0 Å². The van der Waals surface area contributed by atoms with Gasteiger partial charge < -0.3 is 20.9 Å². The number of nitrogens with one attached hydrogen (secondary N) is 5. The fourth-order valence-corrected chi connectivity index (χ4v) is 3.70. The van der Waals surface area contributed by atoms with E-state index in [0.717, 1.165) is 6.07 Å². The van der Waals surface area contributed by atoms with Crippen LogP contribution in [0.2, 0.25) is 0 Å². The molecule has 0 aliphatic carbocycles. The van der Waals surface area contributed by atoms with Gasteiger partial charge in [-0.2, -0.15) is 0 Å². The molecule has 5 N–H and O–H groups in total. The summed E-state index contributed by atoms with van der Waals surface area (Å²) in [7, 11) is -3.78. The van der Waals surface area contributed by atoms with Gasteiger partial charge in [-0.05, 0) is 18.2 Å². The summed E-state index contributed by atoms with van der Waals surface area (Å²) in [6.07, 6.45) is 0. The number of amides is 3. The largest absolute Gasteiger partial charge is 0.332 e. The van der Waals surface area contributed by atoms with Crippen LogP contribution in [-0.2, 0) is 21.2 Å². The minimum Gasteiger partial charge on any atom is -0.332 e.